The van der Waals surface area contributed by atoms with Crippen molar-refractivity contribution >= 4 is 22.4 Å². The molecule has 3 heterocycles. The molecule has 6 rings (SSSR count). The molecule has 1 aliphatic heterocycles. The van der Waals surface area contributed by atoms with Gasteiger partial charge in [0.1, 0.15) is 0 Å². The third-order valence-corrected chi connectivity index (χ3v) is 8.87. The molecule has 0 spiro atoms. The molecular weight excluding hydrogens is 504 g/mol. The summed E-state index contributed by atoms with van der Waals surface area (Å²) < 4.78 is 2.09. The zero-order valence-corrected chi connectivity index (χ0v) is 23.7. The summed E-state index contributed by atoms with van der Waals surface area (Å²) >= 11 is 1.54. The Bertz CT molecular complexity index is 1470. The summed E-state index contributed by atoms with van der Waals surface area (Å²) in [7, 11) is 0. The number of amides is 1. The van der Waals surface area contributed by atoms with E-state index in [9.17, 15) is 4.79 Å². The van der Waals surface area contributed by atoms with Crippen molar-refractivity contribution in [3.63, 3.8) is 0 Å². The van der Waals surface area contributed by atoms with Gasteiger partial charge < -0.3 is 15.5 Å². The summed E-state index contributed by atoms with van der Waals surface area (Å²) in [6.07, 6.45) is 4.08. The van der Waals surface area contributed by atoms with Gasteiger partial charge in [0.15, 0.2) is 5.13 Å². The molecule has 2 aliphatic rings. The summed E-state index contributed by atoms with van der Waals surface area (Å²) in [5.74, 6) is -0.102. The molecule has 0 atom stereocenters. The number of likely N-dealkylation sites (tertiary alicyclic amines) is 1. The molecule has 39 heavy (non-hydrogen) atoms. The number of fused-ring (bicyclic) bond motifs is 3. The molecule has 202 valence electrons. The Balaban J connectivity index is 1.32. The molecule has 7 nitrogen and oxygen atoms in total. The monoisotopic (exact) mass is 540 g/mol. The van der Waals surface area contributed by atoms with Gasteiger partial charge in [-0.05, 0) is 70.3 Å². The number of hydrogen-bond donors (Lipinski definition) is 2. The zero-order chi connectivity index (χ0) is 26.9. The maximum absolute atomic E-state index is 11.7. The molecule has 8 heteroatoms. The fourth-order valence-corrected chi connectivity index (χ4v) is 6.88. The van der Waals surface area contributed by atoms with Gasteiger partial charge in [0, 0.05) is 36.7 Å². The average molecular weight is 541 g/mol. The van der Waals surface area contributed by atoms with Crippen LogP contribution in [0, 0.1) is 0 Å². The van der Waals surface area contributed by atoms with Crippen molar-refractivity contribution in [1.29, 1.82) is 0 Å². The number of carbonyl (C=O) groups excluding carboxylic acids is 1. The highest BCUT2D eigenvalue weighted by molar-refractivity contribution is 7.19. The van der Waals surface area contributed by atoms with Crippen molar-refractivity contribution in [3.8, 4) is 27.5 Å². The topological polar surface area (TPSA) is 75.1 Å². The average Bonchev–Trinajstić information content (AvgIpc) is 3.53. The minimum atomic E-state index is -0.102. The van der Waals surface area contributed by atoms with Crippen molar-refractivity contribution in [2.75, 3.05) is 18.4 Å². The number of piperidine rings is 1. The van der Waals surface area contributed by atoms with E-state index in [2.05, 4.69) is 82.6 Å². The van der Waals surface area contributed by atoms with Crippen LogP contribution in [0.4, 0.5) is 5.13 Å². The summed E-state index contributed by atoms with van der Waals surface area (Å²) in [6.45, 7) is 9.26. The largest absolute Gasteiger partial charge is 0.310 e. The molecule has 0 saturated carbocycles. The number of aryl methyl sites for hydroxylation is 1. The number of aromatic nitrogens is 3. The third-order valence-electron chi connectivity index (χ3n) is 7.85. The Kier molecular flexibility index (Phi) is 7.34. The molecule has 0 unspecified atom stereocenters. The van der Waals surface area contributed by atoms with Crippen molar-refractivity contribution in [2.24, 2.45) is 0 Å². The molecule has 2 aromatic heterocycles. The highest BCUT2D eigenvalue weighted by atomic mass is 32.1. The van der Waals surface area contributed by atoms with Crippen LogP contribution < -0.4 is 10.6 Å². The number of anilines is 1. The van der Waals surface area contributed by atoms with Crippen molar-refractivity contribution in [2.45, 2.75) is 65.1 Å². The quantitative estimate of drug-likeness (QED) is 0.315. The van der Waals surface area contributed by atoms with Gasteiger partial charge in [0.2, 0.25) is 5.91 Å². The summed E-state index contributed by atoms with van der Waals surface area (Å²) in [5.41, 5.74) is 7.80. The maximum atomic E-state index is 11.7. The van der Waals surface area contributed by atoms with E-state index in [1.54, 1.807) is 0 Å². The van der Waals surface area contributed by atoms with Crippen molar-refractivity contribution in [1.82, 2.24) is 25.0 Å². The second kappa shape index (κ2) is 11.0. The number of nitrogens with zero attached hydrogens (tertiary/aromatic N) is 4. The first-order chi connectivity index (χ1) is 19.0. The van der Waals surface area contributed by atoms with E-state index >= 15 is 0 Å². The molecule has 1 saturated heterocycles. The number of nitrogens with one attached hydrogen (secondary N) is 2. The predicted octanol–water partition coefficient (Wildman–Crippen LogP) is 5.68. The molecule has 4 aromatic rings. The normalized spacial score (nSPS) is 15.8. The van der Waals surface area contributed by atoms with E-state index < -0.39 is 0 Å². The Morgan fingerprint density at radius 2 is 1.87 bits per heavy atom. The molecule has 2 N–H and O–H groups in total. The van der Waals surface area contributed by atoms with E-state index in [0.717, 1.165) is 65.7 Å². The van der Waals surface area contributed by atoms with Gasteiger partial charge in [0.05, 0.1) is 27.6 Å². The van der Waals surface area contributed by atoms with Crippen LogP contribution in [-0.2, 0) is 24.2 Å². The van der Waals surface area contributed by atoms with Crippen LogP contribution in [-0.4, -0.2) is 50.7 Å². The lowest BCUT2D eigenvalue weighted by Crippen LogP contribution is -2.44. The lowest BCUT2D eigenvalue weighted by Gasteiger charge is -2.35. The van der Waals surface area contributed by atoms with E-state index in [4.69, 9.17) is 10.1 Å². The zero-order valence-electron chi connectivity index (χ0n) is 22.9. The Labute approximate surface area is 234 Å². The fraction of sp³-hybridized carbons (Fsp3) is 0.387. The summed E-state index contributed by atoms with van der Waals surface area (Å²) in [4.78, 5) is 20.1. The van der Waals surface area contributed by atoms with Gasteiger partial charge in [-0.25, -0.2) is 9.67 Å². The molecule has 1 amide bonds. The number of benzene rings is 2. The van der Waals surface area contributed by atoms with Crippen LogP contribution in [0.25, 0.3) is 27.5 Å². The van der Waals surface area contributed by atoms with E-state index in [-0.39, 0.29) is 5.91 Å². The second-order valence-corrected chi connectivity index (χ2v) is 11.9. The van der Waals surface area contributed by atoms with Crippen LogP contribution in [0.3, 0.4) is 0 Å². The highest BCUT2D eigenvalue weighted by Crippen LogP contribution is 2.44. The Morgan fingerprint density at radius 3 is 2.62 bits per heavy atom. The van der Waals surface area contributed by atoms with Gasteiger partial charge in [-0.3, -0.25) is 4.79 Å². The first kappa shape index (κ1) is 25.9. The molecular formula is C31H36N6OS. The number of hydrogen-bond acceptors (Lipinski definition) is 6. The van der Waals surface area contributed by atoms with Crippen LogP contribution in [0.2, 0.25) is 0 Å². The Hall–Kier alpha value is -3.33. The smallest absolute Gasteiger partial charge is 0.223 e. The maximum Gasteiger partial charge on any atom is 0.223 e. The van der Waals surface area contributed by atoms with Crippen LogP contribution >= 0.6 is 11.3 Å². The highest BCUT2D eigenvalue weighted by Gasteiger charge is 2.30. The van der Waals surface area contributed by atoms with E-state index in [1.807, 2.05) is 6.07 Å². The van der Waals surface area contributed by atoms with Gasteiger partial charge in [-0.15, -0.1) is 0 Å². The van der Waals surface area contributed by atoms with Crippen LogP contribution in [0.15, 0.2) is 54.6 Å². The molecule has 2 aromatic carbocycles. The third kappa shape index (κ3) is 5.41. The molecule has 1 fully saturated rings. The summed E-state index contributed by atoms with van der Waals surface area (Å²) in [5, 5.41) is 12.5. The SMILES string of the molecule is CC(=O)Nc1nc2c(s1)-c1c(c(-c3ccccc3)nn1-c1cccc(CNC3CCN(C(C)C)CC3)c1)CC2. The number of rotatable bonds is 7. The first-order valence-electron chi connectivity index (χ1n) is 14.0. The van der Waals surface area contributed by atoms with Gasteiger partial charge >= 0.3 is 0 Å². The van der Waals surface area contributed by atoms with E-state index in [0.29, 0.717) is 17.2 Å². The molecule has 1 aliphatic carbocycles. The van der Waals surface area contributed by atoms with Crippen molar-refractivity contribution < 1.29 is 4.79 Å². The minimum Gasteiger partial charge on any atom is -0.310 e. The van der Waals surface area contributed by atoms with Gasteiger partial charge in [-0.2, -0.15) is 5.10 Å². The van der Waals surface area contributed by atoms with Crippen molar-refractivity contribution in [3.05, 3.63) is 71.4 Å². The lowest BCUT2D eigenvalue weighted by atomic mass is 9.95. The minimum absolute atomic E-state index is 0.102. The van der Waals surface area contributed by atoms with Gasteiger partial charge in [0.25, 0.3) is 0 Å². The first-order valence-corrected chi connectivity index (χ1v) is 14.8. The number of carbonyl (C=O) groups is 1. The van der Waals surface area contributed by atoms with Crippen LogP contribution in [0.5, 0.6) is 0 Å². The molecule has 0 radical (unpaired) electrons. The predicted molar refractivity (Wildman–Crippen MR) is 158 cm³/mol. The standard InChI is InChI=1S/C31H36N6OS/c1-20(2)36-16-14-24(15-17-36)32-19-22-8-7-11-25(18-22)37-29-26(28(35-37)23-9-5-4-6-10-23)12-13-27-30(29)39-31(34-27)33-21(3)38/h4-11,18,20,24,32H,12-17,19H2,1-3H3,(H,33,34,38). The fourth-order valence-electron chi connectivity index (χ4n) is 5.77. The number of thiazole rings is 1. The lowest BCUT2D eigenvalue weighted by molar-refractivity contribution is -0.114. The second-order valence-electron chi connectivity index (χ2n) is 10.9. The van der Waals surface area contributed by atoms with Gasteiger partial charge in [-0.1, -0.05) is 53.8 Å². The van der Waals surface area contributed by atoms with E-state index in [1.165, 1.54) is 42.2 Å². The molecule has 0 bridgehead atoms. The summed E-state index contributed by atoms with van der Waals surface area (Å²) in [6, 6.07) is 20.3. The Morgan fingerprint density at radius 1 is 1.08 bits per heavy atom. The van der Waals surface area contributed by atoms with Crippen LogP contribution in [0.1, 0.15) is 50.4 Å².